The minimum absolute atomic E-state index is 0.0473. The Balaban J connectivity index is 0.000000179. The number of Topliss-reactive ketones (excluding diaryl/α,β-unsaturated/α-hetero) is 1. The van der Waals surface area contributed by atoms with Crippen molar-refractivity contribution in [3.63, 3.8) is 0 Å². The predicted molar refractivity (Wildman–Crippen MR) is 416 cm³/mol. The van der Waals surface area contributed by atoms with Crippen LogP contribution in [0.25, 0.3) is 0 Å². The Morgan fingerprint density at radius 2 is 0.876 bits per heavy atom. The molecule has 113 heavy (non-hydrogen) atoms. The summed E-state index contributed by atoms with van der Waals surface area (Å²) in [5.74, 6) is -3.91. The van der Waals surface area contributed by atoms with Crippen molar-refractivity contribution >= 4 is 70.7 Å². The monoisotopic (exact) mass is 1530 g/mol. The zero-order valence-electron chi connectivity index (χ0n) is 61.3. The molecule has 0 spiro atoms. The van der Waals surface area contributed by atoms with E-state index in [0.29, 0.717) is 33.8 Å². The highest BCUT2D eigenvalue weighted by molar-refractivity contribution is 6.44. The van der Waals surface area contributed by atoms with Crippen LogP contribution in [0, 0.1) is 11.7 Å². The Morgan fingerprint density at radius 3 is 1.36 bits per heavy atom. The number of nitrogens with one attached hydrogen (secondary N) is 1. The summed E-state index contributed by atoms with van der Waals surface area (Å²) in [4.78, 5) is 117. The summed E-state index contributed by atoms with van der Waals surface area (Å²) in [6, 6.07) is 77.7. The average molecular weight is 1530 g/mol. The molecule has 1 aliphatic rings. The molecule has 22 nitrogen and oxygen atoms in total. The lowest BCUT2D eigenvalue weighted by Crippen LogP contribution is -2.32. The number of halogens is 4. The molecule has 12 rings (SSSR count). The number of aromatic nitrogens is 2. The van der Waals surface area contributed by atoms with Crippen LogP contribution < -0.4 is 14.8 Å². The number of carbonyl (C=O) groups excluding carboxylic acids is 7. The van der Waals surface area contributed by atoms with Gasteiger partial charge in [0.25, 0.3) is 5.91 Å². The largest absolute Gasteiger partial charge is 0.496 e. The zero-order valence-corrected chi connectivity index (χ0v) is 61.3. The van der Waals surface area contributed by atoms with E-state index in [1.807, 2.05) is 91.9 Å². The van der Waals surface area contributed by atoms with Gasteiger partial charge in [0, 0.05) is 36.0 Å². The maximum Gasteiger partial charge on any atom is 0.416 e. The van der Waals surface area contributed by atoms with Gasteiger partial charge in [-0.15, -0.1) is 0 Å². The molecular formula is C87H74F4N8O14. The number of amidine groups is 1. The summed E-state index contributed by atoms with van der Waals surface area (Å²) in [7, 11) is 2.84. The van der Waals surface area contributed by atoms with E-state index >= 15 is 0 Å². The molecular weight excluding hydrogens is 1460 g/mol. The molecule has 2 aromatic heterocycles. The molecule has 1 aliphatic carbocycles. The number of benzene rings is 9. The van der Waals surface area contributed by atoms with Gasteiger partial charge in [-0.2, -0.15) is 13.2 Å². The van der Waals surface area contributed by atoms with Crippen LogP contribution in [-0.2, 0) is 40.0 Å². The molecule has 26 heteroatoms. The minimum Gasteiger partial charge on any atom is -0.496 e. The first-order valence-corrected chi connectivity index (χ1v) is 34.8. The lowest BCUT2D eigenvalue weighted by atomic mass is 9.89. The van der Waals surface area contributed by atoms with Crippen molar-refractivity contribution in [3.8, 4) is 11.5 Å². The second-order valence-corrected chi connectivity index (χ2v) is 23.8. The Kier molecular flexibility index (Phi) is 33.2. The first kappa shape index (κ1) is 84.1. The zero-order chi connectivity index (χ0) is 80.6. The molecule has 9 aromatic carbocycles. The van der Waals surface area contributed by atoms with Crippen LogP contribution in [0.2, 0.25) is 0 Å². The summed E-state index contributed by atoms with van der Waals surface area (Å²) >= 11 is 0. The minimum atomic E-state index is -4.59. The predicted octanol–water partition coefficient (Wildman–Crippen LogP) is 17.1. The summed E-state index contributed by atoms with van der Waals surface area (Å²) in [5.41, 5.74) is 4.99. The van der Waals surface area contributed by atoms with Crippen molar-refractivity contribution in [2.75, 3.05) is 14.2 Å². The number of methoxy groups -OCH3 is 2. The van der Waals surface area contributed by atoms with Crippen LogP contribution >= 0.6 is 0 Å². The third kappa shape index (κ3) is 27.6. The van der Waals surface area contributed by atoms with Gasteiger partial charge in [0.2, 0.25) is 0 Å². The molecule has 0 unspecified atom stereocenters. The van der Waals surface area contributed by atoms with E-state index in [2.05, 4.69) is 41.1 Å². The quantitative estimate of drug-likeness (QED) is 0.0244. The summed E-state index contributed by atoms with van der Waals surface area (Å²) in [5, 5.41) is 21.2. The fourth-order valence-electron chi connectivity index (χ4n) is 10.1. The Morgan fingerprint density at radius 1 is 0.434 bits per heavy atom. The maximum atomic E-state index is 13.1. The second kappa shape index (κ2) is 44.7. The summed E-state index contributed by atoms with van der Waals surface area (Å²) in [6.07, 6.45) is 5.31. The molecule has 1 N–H and O–H groups in total. The maximum absolute atomic E-state index is 13.1. The lowest BCUT2D eigenvalue weighted by molar-refractivity contribution is -0.149. The number of hydrogen-bond acceptors (Lipinski definition) is 21. The standard InChI is InChI=1S/C22H15F3N2O3.C19H14N2O2.C17H16N2O5.C15H19NO2.C14H10FNO2/c23-22(24,25)18-13-7-12-17(14-18)19(26-20(28)15-8-3-1-4-9-15)27-30-21(29)16-10-5-2-6-11-16;22-19(16-11-5-2-6-12-16)23-21-18(15-9-3-1-4-10-15)17-13-7-8-14-20-17;1-11(20)16(12-7-4-5-10-18-12)19-24-17(21)15-13(22-2)8-6-9-14(15)23-3;1-12(13-8-4-2-5-9-13)16-18-15(17)14-10-6-3-7-11-14;15-13-8-6-11(7-9-13)10-16-18-14(17)12-4-2-1-3-5-12/h1-14H,(H,26,27,28);1-14H;4-10H,1-3H3;2,4-5,8-9,14H,3,6-7,10-11H2,1H3;1-10H/b;21-18+;19-16+;16-12+;16-10+. The summed E-state index contributed by atoms with van der Waals surface area (Å²) < 4.78 is 62.2. The number of pyridine rings is 2. The van der Waals surface area contributed by atoms with E-state index in [4.69, 9.17) is 33.7 Å². The third-order valence-electron chi connectivity index (χ3n) is 15.9. The van der Waals surface area contributed by atoms with Crippen molar-refractivity contribution in [2.45, 2.75) is 52.1 Å². The molecule has 1 fully saturated rings. The molecule has 574 valence electrons. The van der Waals surface area contributed by atoms with E-state index < -0.39 is 41.5 Å². The molecule has 1 saturated carbocycles. The van der Waals surface area contributed by atoms with Crippen molar-refractivity contribution in [3.05, 3.63) is 370 Å². The van der Waals surface area contributed by atoms with E-state index in [9.17, 15) is 51.1 Å². The number of alkyl halides is 3. The van der Waals surface area contributed by atoms with Crippen LogP contribution in [0.1, 0.15) is 137 Å². The van der Waals surface area contributed by atoms with Gasteiger partial charge >= 0.3 is 36.0 Å². The Bertz CT molecular complexity index is 5000. The van der Waals surface area contributed by atoms with Crippen LogP contribution in [0.5, 0.6) is 11.5 Å². The number of rotatable bonds is 20. The fourth-order valence-corrected chi connectivity index (χ4v) is 10.1. The van der Waals surface area contributed by atoms with Gasteiger partial charge in [-0.3, -0.25) is 19.6 Å². The van der Waals surface area contributed by atoms with E-state index in [-0.39, 0.29) is 68.8 Å². The Labute approximate surface area is 647 Å². The van der Waals surface area contributed by atoms with Gasteiger partial charge in [-0.05, 0) is 140 Å². The van der Waals surface area contributed by atoms with E-state index in [0.717, 1.165) is 54.7 Å². The van der Waals surface area contributed by atoms with Gasteiger partial charge in [0.1, 0.15) is 28.6 Å². The van der Waals surface area contributed by atoms with Crippen molar-refractivity contribution in [1.82, 2.24) is 15.3 Å². The SMILES string of the molecule is C/C(=N\OC(=O)C1CCCCC1)c1ccccc1.COc1cccc(OC)c1C(=O)O/N=C(\C(C)=O)c1ccccn1.O=C(N/C(=N\OC(=O)c1ccccc1)c1cccc(C(F)(F)F)c1)c1ccccc1.O=C(O/N=C(\c1ccccc1)c1ccccn1)c1ccccc1.O=C(O/N=C/c1ccc(F)cc1)c1ccccc1. The van der Waals surface area contributed by atoms with Crippen molar-refractivity contribution < 1.29 is 84.8 Å². The number of carbonyl (C=O) groups is 7. The van der Waals surface area contributed by atoms with Crippen LogP contribution in [-0.4, -0.2) is 94.9 Å². The molecule has 1 amide bonds. The molecule has 0 atom stereocenters. The highest BCUT2D eigenvalue weighted by atomic mass is 19.4. The molecule has 0 bridgehead atoms. The highest BCUT2D eigenvalue weighted by Crippen LogP contribution is 2.31. The van der Waals surface area contributed by atoms with E-state index in [1.165, 1.54) is 101 Å². The molecule has 2 heterocycles. The average Bonchev–Trinajstić information content (AvgIpc) is 0.792. The van der Waals surface area contributed by atoms with Gasteiger partial charge in [0.05, 0.1) is 65.7 Å². The molecule has 0 aliphatic heterocycles. The van der Waals surface area contributed by atoms with E-state index in [1.54, 1.807) is 134 Å². The van der Waals surface area contributed by atoms with Gasteiger partial charge in [-0.1, -0.05) is 221 Å². The molecule has 0 radical (unpaired) electrons. The van der Waals surface area contributed by atoms with Crippen LogP contribution in [0.15, 0.2) is 323 Å². The number of hydrogen-bond donors (Lipinski definition) is 1. The van der Waals surface area contributed by atoms with Crippen molar-refractivity contribution in [2.24, 2.45) is 31.7 Å². The number of oxime groups is 5. The van der Waals surface area contributed by atoms with Crippen LogP contribution in [0.3, 0.4) is 0 Å². The van der Waals surface area contributed by atoms with Gasteiger partial charge < -0.3 is 39.0 Å². The topological polar surface area (TPSA) is 284 Å². The molecule has 11 aromatic rings. The van der Waals surface area contributed by atoms with Crippen LogP contribution in [0.4, 0.5) is 17.6 Å². The smallest absolute Gasteiger partial charge is 0.416 e. The number of amides is 1. The van der Waals surface area contributed by atoms with Gasteiger partial charge in [0.15, 0.2) is 17.3 Å². The van der Waals surface area contributed by atoms with Crippen molar-refractivity contribution in [1.29, 1.82) is 0 Å². The summed E-state index contributed by atoms with van der Waals surface area (Å²) in [6.45, 7) is 3.16. The normalized spacial score (nSPS) is 12.1. The Hall–Kier alpha value is -14.6. The highest BCUT2D eigenvalue weighted by Gasteiger charge is 2.31. The van der Waals surface area contributed by atoms with Gasteiger partial charge in [-0.25, -0.2) is 28.4 Å². The molecule has 0 saturated heterocycles. The second-order valence-electron chi connectivity index (χ2n) is 23.8. The first-order chi connectivity index (χ1) is 54.8. The fraction of sp³-hybridized carbons (Fsp3) is 0.126. The number of ether oxygens (including phenoxy) is 2. The lowest BCUT2D eigenvalue weighted by Gasteiger charge is -2.18. The number of nitrogens with zero attached hydrogens (tertiary/aromatic N) is 7. The third-order valence-corrected chi connectivity index (χ3v) is 15.9. The first-order valence-electron chi connectivity index (χ1n) is 34.8. The number of ketones is 1.